The van der Waals surface area contributed by atoms with Crippen molar-refractivity contribution >= 4 is 21.8 Å². The maximum atomic E-state index is 2.39. The smallest absolute Gasteiger partial charge is 0.0547 e. The molecule has 33 heavy (non-hydrogen) atoms. The van der Waals surface area contributed by atoms with Crippen LogP contribution in [0.1, 0.15) is 12.5 Å². The van der Waals surface area contributed by atoms with Gasteiger partial charge in [-0.1, -0.05) is 104 Å². The second-order valence-corrected chi connectivity index (χ2v) is 8.52. The summed E-state index contributed by atoms with van der Waals surface area (Å²) in [5.74, 6) is 0. The van der Waals surface area contributed by atoms with E-state index in [-0.39, 0.29) is 0 Å². The Morgan fingerprint density at radius 3 is 1.91 bits per heavy atom. The summed E-state index contributed by atoms with van der Waals surface area (Å²) in [7, 11) is 0. The van der Waals surface area contributed by atoms with Crippen molar-refractivity contribution in [2.24, 2.45) is 0 Å². The lowest BCUT2D eigenvalue weighted by atomic mass is 9.98. The predicted molar refractivity (Wildman–Crippen MR) is 141 cm³/mol. The average molecular weight is 424 g/mol. The first-order chi connectivity index (χ1) is 16.3. The third kappa shape index (κ3) is 3.34. The van der Waals surface area contributed by atoms with Crippen LogP contribution in [0.4, 0.5) is 0 Å². The summed E-state index contributed by atoms with van der Waals surface area (Å²) in [6.45, 7) is 2.20. The van der Waals surface area contributed by atoms with E-state index in [9.17, 15) is 0 Å². The minimum Gasteiger partial charge on any atom is -0.309 e. The highest BCUT2D eigenvalue weighted by molar-refractivity contribution is 6.15. The van der Waals surface area contributed by atoms with Gasteiger partial charge in [-0.3, -0.25) is 0 Å². The fourth-order valence-corrected chi connectivity index (χ4v) is 4.89. The lowest BCUT2D eigenvalue weighted by molar-refractivity contribution is 1.14. The van der Waals surface area contributed by atoms with E-state index in [0.29, 0.717) is 0 Å². The molecule has 0 fully saturated rings. The van der Waals surface area contributed by atoms with E-state index >= 15 is 0 Å². The summed E-state index contributed by atoms with van der Waals surface area (Å²) in [5.41, 5.74) is 10.0. The molecular formula is C32H25N. The lowest BCUT2D eigenvalue weighted by Gasteiger charge is -2.10. The van der Waals surface area contributed by atoms with Crippen LogP contribution in [0, 0.1) is 0 Å². The zero-order chi connectivity index (χ0) is 22.2. The highest BCUT2D eigenvalue weighted by Gasteiger charge is 2.15. The minimum absolute atomic E-state index is 1.06. The van der Waals surface area contributed by atoms with Crippen molar-refractivity contribution in [3.63, 3.8) is 0 Å². The van der Waals surface area contributed by atoms with Gasteiger partial charge in [0, 0.05) is 16.5 Å². The molecule has 0 aliphatic carbocycles. The molecule has 158 valence electrons. The molecule has 1 nitrogen and oxygen atoms in total. The van der Waals surface area contributed by atoms with Gasteiger partial charge in [0.25, 0.3) is 0 Å². The lowest BCUT2D eigenvalue weighted by Crippen LogP contribution is -1.93. The number of hydrogen-bond donors (Lipinski definition) is 0. The van der Waals surface area contributed by atoms with Crippen LogP contribution in [0.3, 0.4) is 0 Å². The van der Waals surface area contributed by atoms with Crippen molar-refractivity contribution in [1.82, 2.24) is 4.57 Å². The molecule has 0 aliphatic rings. The van der Waals surface area contributed by atoms with Crippen molar-refractivity contribution in [3.8, 4) is 27.9 Å². The standard InChI is InChI=1S/C32H25N/c1-2-23-15-17-26(18-16-23)28-12-8-14-31-32(28)29-11-6-7-13-30(29)33(31)27-21-19-25(20-22-27)24-9-4-3-5-10-24/h3-22H,2H2,1H3. The molecule has 0 saturated carbocycles. The van der Waals surface area contributed by atoms with Crippen LogP contribution in [0.25, 0.3) is 49.7 Å². The Morgan fingerprint density at radius 2 is 1.15 bits per heavy atom. The van der Waals surface area contributed by atoms with E-state index in [2.05, 4.69) is 133 Å². The number of fused-ring (bicyclic) bond motifs is 3. The predicted octanol–water partition coefficient (Wildman–Crippen LogP) is 8.68. The van der Waals surface area contributed by atoms with Crippen LogP contribution in [0.15, 0.2) is 121 Å². The number of rotatable bonds is 4. The zero-order valence-electron chi connectivity index (χ0n) is 18.7. The van der Waals surface area contributed by atoms with Crippen molar-refractivity contribution in [1.29, 1.82) is 0 Å². The first-order valence-corrected chi connectivity index (χ1v) is 11.6. The molecule has 1 aromatic heterocycles. The van der Waals surface area contributed by atoms with Gasteiger partial charge in [-0.05, 0) is 58.5 Å². The molecule has 0 spiro atoms. The minimum atomic E-state index is 1.06. The second-order valence-electron chi connectivity index (χ2n) is 8.52. The van der Waals surface area contributed by atoms with Gasteiger partial charge in [0.2, 0.25) is 0 Å². The van der Waals surface area contributed by atoms with Crippen LogP contribution in [0.5, 0.6) is 0 Å². The van der Waals surface area contributed by atoms with E-state index in [1.807, 2.05) is 0 Å². The average Bonchev–Trinajstić information content (AvgIpc) is 3.24. The Hall–Kier alpha value is -4.10. The molecular weight excluding hydrogens is 398 g/mol. The maximum absolute atomic E-state index is 2.39. The summed E-state index contributed by atoms with van der Waals surface area (Å²) in [5, 5.41) is 2.60. The van der Waals surface area contributed by atoms with Crippen LogP contribution < -0.4 is 0 Å². The molecule has 1 heteroatoms. The highest BCUT2D eigenvalue weighted by atomic mass is 15.0. The van der Waals surface area contributed by atoms with E-state index in [0.717, 1.165) is 6.42 Å². The van der Waals surface area contributed by atoms with Crippen LogP contribution in [-0.2, 0) is 6.42 Å². The van der Waals surface area contributed by atoms with Crippen LogP contribution >= 0.6 is 0 Å². The highest BCUT2D eigenvalue weighted by Crippen LogP contribution is 2.38. The fourth-order valence-electron chi connectivity index (χ4n) is 4.89. The Morgan fingerprint density at radius 1 is 0.515 bits per heavy atom. The van der Waals surface area contributed by atoms with Crippen molar-refractivity contribution in [3.05, 3.63) is 127 Å². The molecule has 0 bridgehead atoms. The van der Waals surface area contributed by atoms with E-state index < -0.39 is 0 Å². The maximum Gasteiger partial charge on any atom is 0.0547 e. The quantitative estimate of drug-likeness (QED) is 0.267. The second kappa shape index (κ2) is 8.11. The molecule has 6 rings (SSSR count). The topological polar surface area (TPSA) is 4.93 Å². The molecule has 0 radical (unpaired) electrons. The summed E-state index contributed by atoms with van der Waals surface area (Å²) < 4.78 is 2.39. The van der Waals surface area contributed by atoms with Gasteiger partial charge in [0.05, 0.1) is 11.0 Å². The zero-order valence-corrected chi connectivity index (χ0v) is 18.7. The molecule has 6 aromatic rings. The Kier molecular flexibility index (Phi) is 4.81. The number of para-hydroxylation sites is 1. The van der Waals surface area contributed by atoms with Gasteiger partial charge >= 0.3 is 0 Å². The van der Waals surface area contributed by atoms with Crippen LogP contribution in [0.2, 0.25) is 0 Å². The monoisotopic (exact) mass is 423 g/mol. The summed E-state index contributed by atoms with van der Waals surface area (Å²) >= 11 is 0. The van der Waals surface area contributed by atoms with Crippen molar-refractivity contribution in [2.45, 2.75) is 13.3 Å². The molecule has 1 heterocycles. The number of aromatic nitrogens is 1. The Balaban J connectivity index is 1.57. The Bertz CT molecular complexity index is 1550. The molecule has 0 amide bonds. The molecule has 5 aromatic carbocycles. The molecule has 0 aliphatic heterocycles. The van der Waals surface area contributed by atoms with Gasteiger partial charge in [0.1, 0.15) is 0 Å². The summed E-state index contributed by atoms with van der Waals surface area (Å²) in [4.78, 5) is 0. The molecule has 0 saturated heterocycles. The molecule has 0 atom stereocenters. The number of benzene rings is 5. The van der Waals surface area contributed by atoms with Gasteiger partial charge in [-0.15, -0.1) is 0 Å². The third-order valence-corrected chi connectivity index (χ3v) is 6.60. The summed E-state index contributed by atoms with van der Waals surface area (Å²) in [6, 6.07) is 43.9. The first-order valence-electron chi connectivity index (χ1n) is 11.6. The normalized spacial score (nSPS) is 11.3. The number of nitrogens with zero attached hydrogens (tertiary/aromatic N) is 1. The number of hydrogen-bond acceptors (Lipinski definition) is 0. The van der Waals surface area contributed by atoms with Crippen molar-refractivity contribution < 1.29 is 0 Å². The fraction of sp³-hybridized carbons (Fsp3) is 0.0625. The van der Waals surface area contributed by atoms with E-state index in [1.165, 1.54) is 55.3 Å². The molecule has 0 N–H and O–H groups in total. The van der Waals surface area contributed by atoms with E-state index in [1.54, 1.807) is 0 Å². The van der Waals surface area contributed by atoms with Gasteiger partial charge in [-0.25, -0.2) is 0 Å². The van der Waals surface area contributed by atoms with Gasteiger partial charge in [0.15, 0.2) is 0 Å². The van der Waals surface area contributed by atoms with Gasteiger partial charge < -0.3 is 4.57 Å². The molecule has 0 unspecified atom stereocenters. The largest absolute Gasteiger partial charge is 0.309 e. The third-order valence-electron chi connectivity index (χ3n) is 6.60. The number of aryl methyl sites for hydroxylation is 1. The van der Waals surface area contributed by atoms with Gasteiger partial charge in [-0.2, -0.15) is 0 Å². The Labute approximate surface area is 194 Å². The van der Waals surface area contributed by atoms with Crippen LogP contribution in [-0.4, -0.2) is 4.57 Å². The summed E-state index contributed by atoms with van der Waals surface area (Å²) in [6.07, 6.45) is 1.06. The van der Waals surface area contributed by atoms with E-state index in [4.69, 9.17) is 0 Å². The first kappa shape index (κ1) is 19.6. The SMILES string of the molecule is CCc1ccc(-c2cccc3c2c2ccccc2n3-c2ccc(-c3ccccc3)cc2)cc1. The van der Waals surface area contributed by atoms with Crippen molar-refractivity contribution in [2.75, 3.05) is 0 Å².